The molecule has 0 radical (unpaired) electrons. The van der Waals surface area contributed by atoms with Gasteiger partial charge in [0.15, 0.2) is 6.61 Å². The monoisotopic (exact) mass is 340 g/mol. The van der Waals surface area contributed by atoms with E-state index in [1.165, 1.54) is 0 Å². The fraction of sp³-hybridized carbons (Fsp3) is 0.333. The number of carbonyl (C=O) groups is 1. The number of ether oxygens (including phenoxy) is 1. The summed E-state index contributed by atoms with van der Waals surface area (Å²) in [6.07, 6.45) is 0. The van der Waals surface area contributed by atoms with Gasteiger partial charge in [0.25, 0.3) is 5.91 Å². The first kappa shape index (κ1) is 22.2. The lowest BCUT2D eigenvalue weighted by molar-refractivity contribution is 0.0896. The van der Waals surface area contributed by atoms with E-state index < -0.39 is 5.66 Å². The highest BCUT2D eigenvalue weighted by Gasteiger charge is 2.33. The Morgan fingerprint density at radius 1 is 1.00 bits per heavy atom. The van der Waals surface area contributed by atoms with Gasteiger partial charge in [0, 0.05) is 12.5 Å². The van der Waals surface area contributed by atoms with Crippen LogP contribution in [0.2, 0.25) is 0 Å². The zero-order valence-corrected chi connectivity index (χ0v) is 15.7. The van der Waals surface area contributed by atoms with Gasteiger partial charge in [-0.05, 0) is 24.3 Å². The maximum absolute atomic E-state index is 12.1. The second kappa shape index (κ2) is 12.6. The van der Waals surface area contributed by atoms with Crippen molar-refractivity contribution in [3.05, 3.63) is 77.6 Å². The second-order valence-electron chi connectivity index (χ2n) is 4.81. The Morgan fingerprint density at radius 3 is 1.96 bits per heavy atom. The van der Waals surface area contributed by atoms with Crippen molar-refractivity contribution in [2.75, 3.05) is 6.61 Å². The summed E-state index contributed by atoms with van der Waals surface area (Å²) in [6.45, 7) is 17.0. The number of nitrogens with one attached hydrogen (secondary N) is 1. The van der Waals surface area contributed by atoms with Crippen LogP contribution in [0, 0.1) is 6.57 Å². The molecule has 0 aromatic heterocycles. The molecular weight excluding hydrogens is 312 g/mol. The van der Waals surface area contributed by atoms with Crippen molar-refractivity contribution in [1.29, 1.82) is 0 Å². The lowest BCUT2D eigenvalue weighted by atomic mass is 10.1. The highest BCUT2D eigenvalue weighted by Crippen LogP contribution is 2.14. The van der Waals surface area contributed by atoms with E-state index in [0.717, 1.165) is 0 Å². The maximum atomic E-state index is 12.1. The fourth-order valence-electron chi connectivity index (χ4n) is 1.74. The first-order valence-corrected chi connectivity index (χ1v) is 8.57. The van der Waals surface area contributed by atoms with Crippen LogP contribution >= 0.6 is 0 Å². The molecule has 0 saturated carbocycles. The van der Waals surface area contributed by atoms with Crippen LogP contribution in [-0.4, -0.2) is 18.2 Å². The Hall–Kier alpha value is -2.80. The van der Waals surface area contributed by atoms with Crippen molar-refractivity contribution in [3.63, 3.8) is 0 Å². The second-order valence-corrected chi connectivity index (χ2v) is 4.81. The summed E-state index contributed by atoms with van der Waals surface area (Å²) in [5, 5.41) is 2.71. The van der Waals surface area contributed by atoms with Crippen LogP contribution in [0.25, 0.3) is 4.85 Å². The molecule has 134 valence electrons. The smallest absolute Gasteiger partial charge is 0.338 e. The number of carbonyl (C=O) groups excluding carboxylic acids is 1. The van der Waals surface area contributed by atoms with Gasteiger partial charge in [0.05, 0.1) is 0 Å². The zero-order valence-electron chi connectivity index (χ0n) is 15.7. The molecule has 0 bridgehead atoms. The molecule has 2 aromatic carbocycles. The predicted molar refractivity (Wildman–Crippen MR) is 104 cm³/mol. The van der Waals surface area contributed by atoms with Gasteiger partial charge in [-0.15, -0.1) is 0 Å². The number of benzene rings is 2. The van der Waals surface area contributed by atoms with E-state index in [4.69, 9.17) is 11.3 Å². The van der Waals surface area contributed by atoms with E-state index >= 15 is 0 Å². The number of amides is 1. The van der Waals surface area contributed by atoms with E-state index in [9.17, 15) is 4.79 Å². The van der Waals surface area contributed by atoms with Gasteiger partial charge < -0.3 is 4.74 Å². The third-order valence-electron chi connectivity index (χ3n) is 2.93. The van der Waals surface area contributed by atoms with Crippen molar-refractivity contribution < 1.29 is 9.53 Å². The van der Waals surface area contributed by atoms with Gasteiger partial charge in [-0.2, -0.15) is 0 Å². The van der Waals surface area contributed by atoms with Crippen LogP contribution in [0.4, 0.5) is 0 Å². The molecule has 4 heteroatoms. The molecule has 2 aromatic rings. The van der Waals surface area contributed by atoms with Crippen molar-refractivity contribution in [2.45, 2.75) is 40.3 Å². The average Bonchev–Trinajstić information content (AvgIpc) is 2.71. The first-order valence-electron chi connectivity index (χ1n) is 8.57. The lowest BCUT2D eigenvalue weighted by Crippen LogP contribution is -2.47. The topological polar surface area (TPSA) is 42.7 Å². The molecule has 1 atom stereocenters. The number of para-hydroxylation sites is 1. The van der Waals surface area contributed by atoms with Crippen LogP contribution in [0.1, 0.15) is 45.0 Å². The van der Waals surface area contributed by atoms with E-state index in [-0.39, 0.29) is 12.5 Å². The van der Waals surface area contributed by atoms with E-state index in [0.29, 0.717) is 11.3 Å². The standard InChI is InChI=1S/C17H16N2O2.2C2H6/c1-17(18-2,13-21-15-11-7-4-8-12-15)19-16(20)14-9-5-3-6-10-14;2*1-2/h3-12H,13H2,1H3,(H,19,20);2*1-2H3. The molecule has 0 aliphatic carbocycles. The molecule has 0 saturated heterocycles. The normalized spacial score (nSPS) is 11.2. The summed E-state index contributed by atoms with van der Waals surface area (Å²) in [7, 11) is 0. The SMILES string of the molecule is CC.CC.[C-]#[N+]C(C)(COc1ccccc1)NC(=O)c1ccccc1. The van der Waals surface area contributed by atoms with Gasteiger partial charge in [-0.25, -0.2) is 6.57 Å². The van der Waals surface area contributed by atoms with Gasteiger partial charge in [-0.3, -0.25) is 15.0 Å². The molecule has 1 unspecified atom stereocenters. The van der Waals surface area contributed by atoms with Crippen molar-refractivity contribution >= 4 is 5.91 Å². The first-order chi connectivity index (χ1) is 12.1. The fourth-order valence-corrected chi connectivity index (χ4v) is 1.74. The van der Waals surface area contributed by atoms with E-state index in [2.05, 4.69) is 10.2 Å². The van der Waals surface area contributed by atoms with Crippen LogP contribution < -0.4 is 10.1 Å². The molecule has 0 heterocycles. The van der Waals surface area contributed by atoms with Crippen molar-refractivity contribution in [2.24, 2.45) is 0 Å². The minimum absolute atomic E-state index is 0.0824. The molecule has 2 rings (SSSR count). The van der Waals surface area contributed by atoms with Crippen LogP contribution in [0.3, 0.4) is 0 Å². The maximum Gasteiger partial charge on any atom is 0.338 e. The molecule has 25 heavy (non-hydrogen) atoms. The molecular formula is C21H28N2O2. The van der Waals surface area contributed by atoms with Gasteiger partial charge >= 0.3 is 5.66 Å². The minimum Gasteiger partial charge on any atom is -0.483 e. The quantitative estimate of drug-likeness (QED) is 0.762. The number of nitrogens with zero attached hydrogens (tertiary/aromatic N) is 1. The van der Waals surface area contributed by atoms with Crippen molar-refractivity contribution in [3.8, 4) is 5.75 Å². The van der Waals surface area contributed by atoms with Crippen LogP contribution in [-0.2, 0) is 0 Å². The van der Waals surface area contributed by atoms with Gasteiger partial charge in [0.1, 0.15) is 5.75 Å². The third kappa shape index (κ3) is 8.03. The summed E-state index contributed by atoms with van der Waals surface area (Å²) in [6, 6.07) is 18.0. The highest BCUT2D eigenvalue weighted by atomic mass is 16.5. The molecule has 4 nitrogen and oxygen atoms in total. The molecule has 1 amide bonds. The Labute approximate surface area is 151 Å². The zero-order chi connectivity index (χ0) is 19.1. The summed E-state index contributed by atoms with van der Waals surface area (Å²) in [5.41, 5.74) is -0.588. The van der Waals surface area contributed by atoms with Crippen molar-refractivity contribution in [1.82, 2.24) is 5.32 Å². The minimum atomic E-state index is -1.11. The van der Waals surface area contributed by atoms with Crippen LogP contribution in [0.5, 0.6) is 5.75 Å². The Morgan fingerprint density at radius 2 is 1.48 bits per heavy atom. The molecule has 1 N–H and O–H groups in total. The molecule has 0 fully saturated rings. The third-order valence-corrected chi connectivity index (χ3v) is 2.93. The Kier molecular flexibility index (Phi) is 11.2. The number of hydrogen-bond donors (Lipinski definition) is 1. The average molecular weight is 340 g/mol. The van der Waals surface area contributed by atoms with E-state index in [1.54, 1.807) is 31.2 Å². The number of hydrogen-bond acceptors (Lipinski definition) is 2. The lowest BCUT2D eigenvalue weighted by Gasteiger charge is -2.19. The van der Waals surface area contributed by atoms with E-state index in [1.807, 2.05) is 64.1 Å². The highest BCUT2D eigenvalue weighted by molar-refractivity contribution is 5.94. The summed E-state index contributed by atoms with van der Waals surface area (Å²) in [4.78, 5) is 15.6. The summed E-state index contributed by atoms with van der Waals surface area (Å²) in [5.74, 6) is 0.382. The summed E-state index contributed by atoms with van der Waals surface area (Å²) < 4.78 is 5.57. The number of rotatable bonds is 5. The molecule has 0 spiro atoms. The van der Waals surface area contributed by atoms with Crippen LogP contribution in [0.15, 0.2) is 60.7 Å². The Balaban J connectivity index is 0.00000134. The molecule has 0 aliphatic rings. The summed E-state index contributed by atoms with van der Waals surface area (Å²) >= 11 is 0. The van der Waals surface area contributed by atoms with Gasteiger partial charge in [0.2, 0.25) is 0 Å². The predicted octanol–water partition coefficient (Wildman–Crippen LogP) is 5.18. The van der Waals surface area contributed by atoms with Gasteiger partial charge in [-0.1, -0.05) is 64.1 Å². The molecule has 0 aliphatic heterocycles. The Bertz CT molecular complexity index is 636. The largest absolute Gasteiger partial charge is 0.483 e.